The van der Waals surface area contributed by atoms with Crippen LogP contribution in [0.15, 0.2) is 68.3 Å². The fourth-order valence-corrected chi connectivity index (χ4v) is 14.6. The number of halogens is 3. The smallest absolute Gasteiger partial charge is 0.0864 e. The molecule has 5 aromatic carbocycles. The van der Waals surface area contributed by atoms with Crippen molar-refractivity contribution in [1.29, 1.82) is 0 Å². The van der Waals surface area contributed by atoms with Gasteiger partial charge in [-0.3, -0.25) is 10.2 Å². The molecule has 388 valence electrons. The monoisotopic (exact) mass is 1170 g/mol. The summed E-state index contributed by atoms with van der Waals surface area (Å²) in [4.78, 5) is 0. The molecular formula is C62H78Br3N7O. The fraction of sp³-hybridized carbons (Fsp3) is 0.484. The van der Waals surface area contributed by atoms with Crippen molar-refractivity contribution in [3.05, 3.63) is 141 Å². The van der Waals surface area contributed by atoms with Crippen LogP contribution >= 0.6 is 47.8 Å². The predicted molar refractivity (Wildman–Crippen MR) is 317 cm³/mol. The summed E-state index contributed by atoms with van der Waals surface area (Å²) in [5, 5.41) is 28.3. The molecule has 0 amide bonds. The number of nitrogens with zero attached hydrogens (tertiary/aromatic N) is 2. The lowest BCUT2D eigenvalue weighted by Crippen LogP contribution is -2.28. The number of nitrogens with two attached hydrogens (primary N) is 3. The van der Waals surface area contributed by atoms with Crippen molar-refractivity contribution in [3.63, 3.8) is 0 Å². The van der Waals surface area contributed by atoms with Crippen molar-refractivity contribution in [2.75, 3.05) is 17.2 Å². The standard InChI is InChI=1S/C19H26N2O.C11H11BrN2.C11H14BrN.C11H15N.C10H12BrN/c1-19(9-5-2-6-10-19)18(22)15-11-13-7-3-4-8-14(13)16-12-20-21-17(15)16;12-10-5-7-3-1-2-4-8(7)9-6-13-14-11(9)10;1-7-9-5-3-2-4-8(9)6-10(12)11(7)13;1-8-10-5-3-2-4-9(10)6-7-11(8)12;11-10-8-4-2-1-3-7(8)5-6-9(10)12/h11-12,18,22H,2-10H2,1H3,(H,20,21);5-6H,1-4H2,(H,13,14);6H,2-5,13H2,1H3;6-7H,2-5,12H2,1H3;5-6H,1-4,12H2. The number of benzene rings is 5. The molecule has 1 unspecified atom stereocenters. The highest BCUT2D eigenvalue weighted by atomic mass is 79.9. The molecule has 0 aliphatic heterocycles. The van der Waals surface area contributed by atoms with Crippen molar-refractivity contribution in [1.82, 2.24) is 20.4 Å². The summed E-state index contributed by atoms with van der Waals surface area (Å²) in [7, 11) is 0. The van der Waals surface area contributed by atoms with Gasteiger partial charge in [-0.2, -0.15) is 10.2 Å². The highest BCUT2D eigenvalue weighted by molar-refractivity contribution is 9.11. The van der Waals surface area contributed by atoms with Crippen LogP contribution in [0.1, 0.15) is 182 Å². The van der Waals surface area contributed by atoms with E-state index in [1.807, 2.05) is 24.5 Å². The van der Waals surface area contributed by atoms with Gasteiger partial charge in [-0.15, -0.1) is 0 Å². The Balaban J connectivity index is 0.000000115. The van der Waals surface area contributed by atoms with Gasteiger partial charge in [0.15, 0.2) is 0 Å². The third-order valence-corrected chi connectivity index (χ3v) is 19.6. The minimum Gasteiger partial charge on any atom is -0.399 e. The number of nitrogen functional groups attached to an aromatic ring is 3. The van der Waals surface area contributed by atoms with E-state index in [1.54, 1.807) is 0 Å². The van der Waals surface area contributed by atoms with Gasteiger partial charge < -0.3 is 22.3 Å². The summed E-state index contributed by atoms with van der Waals surface area (Å²) in [5.41, 5.74) is 41.1. The maximum absolute atomic E-state index is 11.2. The van der Waals surface area contributed by atoms with E-state index >= 15 is 0 Å². The summed E-state index contributed by atoms with van der Waals surface area (Å²) in [6.07, 6.45) is 34.7. The van der Waals surface area contributed by atoms with E-state index in [0.717, 1.165) is 72.8 Å². The van der Waals surface area contributed by atoms with Crippen molar-refractivity contribution in [2.24, 2.45) is 5.41 Å². The zero-order valence-corrected chi connectivity index (χ0v) is 48.4. The second-order valence-corrected chi connectivity index (χ2v) is 24.6. The van der Waals surface area contributed by atoms with Crippen LogP contribution < -0.4 is 17.2 Å². The molecule has 1 atom stereocenters. The summed E-state index contributed by atoms with van der Waals surface area (Å²) >= 11 is 10.6. The normalized spacial score (nSPS) is 17.7. The Kier molecular flexibility index (Phi) is 17.8. The molecule has 2 heterocycles. The van der Waals surface area contributed by atoms with Crippen LogP contribution in [0.4, 0.5) is 17.1 Å². The van der Waals surface area contributed by atoms with E-state index in [2.05, 4.69) is 119 Å². The number of aryl methyl sites for hydroxylation is 7. The first-order chi connectivity index (χ1) is 35.3. The van der Waals surface area contributed by atoms with E-state index in [9.17, 15) is 5.11 Å². The zero-order chi connectivity index (χ0) is 51.2. The number of aromatic nitrogens is 4. The highest BCUT2D eigenvalue weighted by Crippen LogP contribution is 2.48. The van der Waals surface area contributed by atoms with Crippen molar-refractivity contribution >= 4 is 86.7 Å². The molecule has 6 aliphatic rings. The molecule has 1 fully saturated rings. The summed E-state index contributed by atoms with van der Waals surface area (Å²) in [5.74, 6) is 0. The SMILES string of the molecule is Brc1cc2c(c3cn[nH]c13)CCCC2.CC1(C(O)c2cc3c(c4cn[nH]c24)CCCC3)CCCCC1.Cc1c(N)c(Br)cc2c1CCCC2.Cc1c(N)ccc2c1CCCC2.Nc1ccc2c(c1Br)CCCC2. The highest BCUT2D eigenvalue weighted by Gasteiger charge is 2.37. The first-order valence-corrected chi connectivity index (χ1v) is 30.0. The fourth-order valence-electron chi connectivity index (χ4n) is 12.9. The van der Waals surface area contributed by atoms with Gasteiger partial charge >= 0.3 is 0 Å². The van der Waals surface area contributed by atoms with Crippen LogP contribution in [0.3, 0.4) is 0 Å². The first-order valence-electron chi connectivity index (χ1n) is 27.6. The second kappa shape index (κ2) is 24.2. The number of hydrogen-bond acceptors (Lipinski definition) is 6. The number of fused-ring (bicyclic) bond motifs is 9. The predicted octanol–water partition coefficient (Wildman–Crippen LogP) is 16.2. The summed E-state index contributed by atoms with van der Waals surface area (Å²) < 4.78 is 3.33. The number of aliphatic hydroxyl groups is 1. The number of H-pyrrole nitrogens is 2. The van der Waals surface area contributed by atoms with Crippen LogP contribution in [0.2, 0.25) is 0 Å². The lowest BCUT2D eigenvalue weighted by atomic mass is 9.69. The van der Waals surface area contributed by atoms with Gasteiger partial charge in [0, 0.05) is 46.8 Å². The number of nitrogens with one attached hydrogen (secondary N) is 2. The average Bonchev–Trinajstić information content (AvgIpc) is 4.14. The average molecular weight is 1180 g/mol. The second-order valence-electron chi connectivity index (χ2n) is 22.1. The lowest BCUT2D eigenvalue weighted by molar-refractivity contribution is 0.00901. The van der Waals surface area contributed by atoms with E-state index < -0.39 is 0 Å². The van der Waals surface area contributed by atoms with Crippen molar-refractivity contribution < 1.29 is 5.11 Å². The minimum absolute atomic E-state index is 0.0131. The van der Waals surface area contributed by atoms with Crippen LogP contribution in [0.25, 0.3) is 21.8 Å². The van der Waals surface area contributed by atoms with Crippen molar-refractivity contribution in [3.8, 4) is 0 Å². The molecule has 0 radical (unpaired) electrons. The van der Waals surface area contributed by atoms with E-state index in [1.165, 1.54) is 212 Å². The van der Waals surface area contributed by atoms with E-state index in [0.29, 0.717) is 0 Å². The molecule has 0 saturated heterocycles. The molecule has 7 aromatic rings. The van der Waals surface area contributed by atoms with Crippen LogP contribution in [0.5, 0.6) is 0 Å². The molecule has 9 N–H and O–H groups in total. The maximum Gasteiger partial charge on any atom is 0.0864 e. The Hall–Kier alpha value is -4.16. The number of aliphatic hydroxyl groups excluding tert-OH is 1. The van der Waals surface area contributed by atoms with Crippen LogP contribution in [-0.2, 0) is 64.2 Å². The maximum atomic E-state index is 11.2. The number of hydrogen-bond donors (Lipinski definition) is 6. The molecular weight excluding hydrogens is 1100 g/mol. The molecule has 6 aliphatic carbocycles. The Labute approximate surface area is 459 Å². The molecule has 8 nitrogen and oxygen atoms in total. The first kappa shape index (κ1) is 53.7. The molecule has 0 bridgehead atoms. The Morgan fingerprint density at radius 3 is 1.53 bits per heavy atom. The van der Waals surface area contributed by atoms with Gasteiger partial charge in [0.25, 0.3) is 0 Å². The third-order valence-electron chi connectivity index (χ3n) is 17.3. The third kappa shape index (κ3) is 12.0. The quantitative estimate of drug-likeness (QED) is 0.0947. The minimum atomic E-state index is -0.386. The molecule has 11 heteroatoms. The van der Waals surface area contributed by atoms with Gasteiger partial charge in [0.05, 0.1) is 29.5 Å². The van der Waals surface area contributed by atoms with Gasteiger partial charge in [0.2, 0.25) is 0 Å². The molecule has 0 spiro atoms. The van der Waals surface area contributed by atoms with Gasteiger partial charge in [-0.1, -0.05) is 44.4 Å². The largest absolute Gasteiger partial charge is 0.399 e. The molecule has 73 heavy (non-hydrogen) atoms. The zero-order valence-electron chi connectivity index (χ0n) is 43.7. The Bertz CT molecular complexity index is 2990. The van der Waals surface area contributed by atoms with Gasteiger partial charge in [-0.05, 0) is 299 Å². The van der Waals surface area contributed by atoms with E-state index in [-0.39, 0.29) is 11.5 Å². The molecule has 1 saturated carbocycles. The van der Waals surface area contributed by atoms with Crippen molar-refractivity contribution in [2.45, 2.75) is 187 Å². The molecule has 2 aromatic heterocycles. The van der Waals surface area contributed by atoms with Crippen LogP contribution in [0, 0.1) is 19.3 Å². The van der Waals surface area contributed by atoms with Gasteiger partial charge in [0.1, 0.15) is 0 Å². The lowest BCUT2D eigenvalue weighted by Gasteiger charge is -2.38. The summed E-state index contributed by atoms with van der Waals surface area (Å²) in [6.45, 7) is 6.53. The van der Waals surface area contributed by atoms with Gasteiger partial charge in [-0.25, -0.2) is 0 Å². The molecule has 13 rings (SSSR count). The Morgan fingerprint density at radius 1 is 0.493 bits per heavy atom. The number of aromatic amines is 2. The topological polar surface area (TPSA) is 156 Å². The number of anilines is 3. The number of rotatable bonds is 2. The van der Waals surface area contributed by atoms with E-state index in [4.69, 9.17) is 17.2 Å². The van der Waals surface area contributed by atoms with Crippen LogP contribution in [-0.4, -0.2) is 25.5 Å². The Morgan fingerprint density at radius 2 is 0.932 bits per heavy atom. The summed E-state index contributed by atoms with van der Waals surface area (Å²) in [6, 6.07) is 15.1.